The van der Waals surface area contributed by atoms with Crippen molar-refractivity contribution in [3.8, 4) is 0 Å². The van der Waals surface area contributed by atoms with Gasteiger partial charge in [0.15, 0.2) is 0 Å². The van der Waals surface area contributed by atoms with Crippen molar-refractivity contribution in [3.63, 3.8) is 0 Å². The summed E-state index contributed by atoms with van der Waals surface area (Å²) in [6, 6.07) is 15.5. The molecule has 110 valence electrons. The fourth-order valence-corrected chi connectivity index (χ4v) is 3.23. The van der Waals surface area contributed by atoms with Crippen LogP contribution in [-0.4, -0.2) is 19.5 Å². The molecule has 2 rings (SSSR count). The van der Waals surface area contributed by atoms with E-state index in [-0.39, 0.29) is 5.75 Å². The zero-order valence-corrected chi connectivity index (χ0v) is 12.0. The molecule has 0 radical (unpaired) electrons. The summed E-state index contributed by atoms with van der Waals surface area (Å²) in [7, 11) is -3.76. The molecule has 0 saturated heterocycles. The van der Waals surface area contributed by atoms with Crippen molar-refractivity contribution in [2.24, 2.45) is 0 Å². The Hall–Kier alpha value is -2.18. The van der Waals surface area contributed by atoms with Gasteiger partial charge in [0.2, 0.25) is 10.0 Å². The van der Waals surface area contributed by atoms with Gasteiger partial charge in [0.25, 0.3) is 0 Å². The minimum atomic E-state index is -3.76. The van der Waals surface area contributed by atoms with Crippen LogP contribution in [0.3, 0.4) is 0 Å². The summed E-state index contributed by atoms with van der Waals surface area (Å²) in [6.07, 6.45) is 0. The van der Waals surface area contributed by atoms with Crippen LogP contribution in [0.1, 0.15) is 17.2 Å². The second-order valence-corrected chi connectivity index (χ2v) is 6.30. The molecule has 5 nitrogen and oxygen atoms in total. The molecule has 2 N–H and O–H groups in total. The van der Waals surface area contributed by atoms with Crippen LogP contribution in [0.4, 0.5) is 0 Å². The fourth-order valence-electron chi connectivity index (χ4n) is 1.92. The van der Waals surface area contributed by atoms with Gasteiger partial charge in [-0.1, -0.05) is 60.7 Å². The van der Waals surface area contributed by atoms with Crippen LogP contribution in [0.5, 0.6) is 0 Å². The highest BCUT2D eigenvalue weighted by molar-refractivity contribution is 7.88. The highest BCUT2D eigenvalue weighted by Crippen LogP contribution is 2.15. The van der Waals surface area contributed by atoms with Gasteiger partial charge in [-0.3, -0.25) is 4.79 Å². The Morgan fingerprint density at radius 2 is 1.52 bits per heavy atom. The zero-order chi connectivity index (χ0) is 15.3. The summed E-state index contributed by atoms with van der Waals surface area (Å²) in [5, 5.41) is 9.23. The highest BCUT2D eigenvalue weighted by atomic mass is 32.2. The number of carbonyl (C=O) groups is 1. The number of sulfonamides is 1. The molecule has 1 atom stereocenters. The van der Waals surface area contributed by atoms with E-state index in [2.05, 4.69) is 4.72 Å². The molecule has 2 aromatic carbocycles. The van der Waals surface area contributed by atoms with E-state index in [1.807, 2.05) is 0 Å². The standard InChI is InChI=1S/C15H15NO4S/c17-15(18)14(13-9-5-2-6-10-13)16-21(19,20)11-12-7-3-1-4-8-12/h1-10,14,16H,11H2,(H,17,18). The zero-order valence-electron chi connectivity index (χ0n) is 11.1. The predicted molar refractivity (Wildman–Crippen MR) is 79.0 cm³/mol. The van der Waals surface area contributed by atoms with E-state index < -0.39 is 22.0 Å². The minimum absolute atomic E-state index is 0.259. The summed E-state index contributed by atoms with van der Waals surface area (Å²) in [5.74, 6) is -1.50. The third-order valence-corrected chi connectivity index (χ3v) is 4.18. The number of rotatable bonds is 6. The van der Waals surface area contributed by atoms with E-state index in [1.165, 1.54) is 0 Å². The Balaban J connectivity index is 2.19. The molecule has 0 amide bonds. The van der Waals surface area contributed by atoms with Crippen molar-refractivity contribution in [3.05, 3.63) is 71.8 Å². The van der Waals surface area contributed by atoms with E-state index in [9.17, 15) is 18.3 Å². The SMILES string of the molecule is O=C(O)C(NS(=O)(=O)Cc1ccccc1)c1ccccc1. The van der Waals surface area contributed by atoms with E-state index in [4.69, 9.17) is 0 Å². The average Bonchev–Trinajstić information content (AvgIpc) is 2.46. The van der Waals surface area contributed by atoms with Gasteiger partial charge in [0.1, 0.15) is 6.04 Å². The van der Waals surface area contributed by atoms with Crippen LogP contribution in [0.25, 0.3) is 0 Å². The molecule has 0 heterocycles. The van der Waals surface area contributed by atoms with E-state index in [0.717, 1.165) is 0 Å². The molecule has 6 heteroatoms. The van der Waals surface area contributed by atoms with Gasteiger partial charge < -0.3 is 5.11 Å². The average molecular weight is 305 g/mol. The topological polar surface area (TPSA) is 83.5 Å². The Morgan fingerprint density at radius 3 is 2.05 bits per heavy atom. The maximum Gasteiger partial charge on any atom is 0.326 e. The van der Waals surface area contributed by atoms with Crippen LogP contribution in [0, 0.1) is 0 Å². The smallest absolute Gasteiger partial charge is 0.326 e. The number of nitrogens with one attached hydrogen (secondary N) is 1. The van der Waals surface area contributed by atoms with Crippen molar-refractivity contribution in [2.75, 3.05) is 0 Å². The van der Waals surface area contributed by atoms with E-state index in [1.54, 1.807) is 60.7 Å². The molecule has 0 bridgehead atoms. The molecule has 0 aliphatic heterocycles. The Bertz CT molecular complexity index is 699. The summed E-state index contributed by atoms with van der Waals surface area (Å²) in [6.45, 7) is 0. The molecule has 0 aliphatic carbocycles. The van der Waals surface area contributed by atoms with E-state index >= 15 is 0 Å². The first kappa shape index (κ1) is 15.2. The van der Waals surface area contributed by atoms with Crippen molar-refractivity contribution >= 4 is 16.0 Å². The second-order valence-electron chi connectivity index (χ2n) is 4.54. The Labute approximate surface area is 123 Å². The van der Waals surface area contributed by atoms with Gasteiger partial charge in [-0.2, -0.15) is 4.72 Å². The van der Waals surface area contributed by atoms with Gasteiger partial charge in [0.05, 0.1) is 5.75 Å². The number of carboxylic acid groups (broad SMARTS) is 1. The largest absolute Gasteiger partial charge is 0.480 e. The van der Waals surface area contributed by atoms with Crippen molar-refractivity contribution in [2.45, 2.75) is 11.8 Å². The van der Waals surface area contributed by atoms with Gasteiger partial charge in [-0.25, -0.2) is 8.42 Å². The summed E-state index contributed by atoms with van der Waals surface area (Å²) in [5.41, 5.74) is 0.990. The highest BCUT2D eigenvalue weighted by Gasteiger charge is 2.25. The number of carboxylic acids is 1. The summed E-state index contributed by atoms with van der Waals surface area (Å²) < 4.78 is 26.5. The molecule has 0 saturated carbocycles. The van der Waals surface area contributed by atoms with Crippen LogP contribution in [0.2, 0.25) is 0 Å². The quantitative estimate of drug-likeness (QED) is 0.854. The first-order valence-electron chi connectivity index (χ1n) is 6.29. The number of aliphatic carboxylic acids is 1. The maximum absolute atomic E-state index is 12.1. The van der Waals surface area contributed by atoms with Crippen molar-refractivity contribution < 1.29 is 18.3 Å². The lowest BCUT2D eigenvalue weighted by Crippen LogP contribution is -2.34. The molecule has 0 spiro atoms. The predicted octanol–water partition coefficient (Wildman–Crippen LogP) is 1.93. The number of hydrogen-bond donors (Lipinski definition) is 2. The second kappa shape index (κ2) is 6.51. The third kappa shape index (κ3) is 4.40. The van der Waals surface area contributed by atoms with Crippen molar-refractivity contribution in [1.82, 2.24) is 4.72 Å². The first-order chi connectivity index (χ1) is 9.98. The minimum Gasteiger partial charge on any atom is -0.480 e. The number of hydrogen-bond acceptors (Lipinski definition) is 3. The molecular weight excluding hydrogens is 290 g/mol. The molecule has 2 aromatic rings. The third-order valence-electron chi connectivity index (χ3n) is 2.88. The number of benzene rings is 2. The fraction of sp³-hybridized carbons (Fsp3) is 0.133. The molecular formula is C15H15NO4S. The molecule has 21 heavy (non-hydrogen) atoms. The first-order valence-corrected chi connectivity index (χ1v) is 7.95. The Morgan fingerprint density at radius 1 is 1.00 bits per heavy atom. The lowest BCUT2D eigenvalue weighted by molar-refractivity contribution is -0.139. The Kier molecular flexibility index (Phi) is 4.72. The van der Waals surface area contributed by atoms with Crippen LogP contribution in [0.15, 0.2) is 60.7 Å². The molecule has 0 aliphatic rings. The van der Waals surface area contributed by atoms with Crippen LogP contribution in [-0.2, 0) is 20.6 Å². The van der Waals surface area contributed by atoms with Crippen LogP contribution >= 0.6 is 0 Å². The molecule has 0 aromatic heterocycles. The normalized spacial score (nSPS) is 12.8. The maximum atomic E-state index is 12.1. The molecule has 0 fully saturated rings. The van der Waals surface area contributed by atoms with Gasteiger partial charge in [-0.05, 0) is 11.1 Å². The lowest BCUT2D eigenvalue weighted by Gasteiger charge is -2.15. The lowest BCUT2D eigenvalue weighted by atomic mass is 10.1. The van der Waals surface area contributed by atoms with E-state index in [0.29, 0.717) is 11.1 Å². The van der Waals surface area contributed by atoms with Crippen LogP contribution < -0.4 is 4.72 Å². The molecule has 1 unspecified atom stereocenters. The van der Waals surface area contributed by atoms with Gasteiger partial charge in [-0.15, -0.1) is 0 Å². The van der Waals surface area contributed by atoms with Gasteiger partial charge >= 0.3 is 5.97 Å². The monoisotopic (exact) mass is 305 g/mol. The van der Waals surface area contributed by atoms with Gasteiger partial charge in [0, 0.05) is 0 Å². The van der Waals surface area contributed by atoms with Crippen molar-refractivity contribution in [1.29, 1.82) is 0 Å². The summed E-state index contributed by atoms with van der Waals surface area (Å²) in [4.78, 5) is 11.3. The summed E-state index contributed by atoms with van der Waals surface area (Å²) >= 11 is 0.